The molecule has 5 rings (SSSR count). The van der Waals surface area contributed by atoms with Gasteiger partial charge in [0.15, 0.2) is 0 Å². The molecule has 8 heteroatoms. The number of carboxylic acids is 1. The van der Waals surface area contributed by atoms with Crippen molar-refractivity contribution in [1.82, 2.24) is 9.88 Å². The van der Waals surface area contributed by atoms with Crippen LogP contribution < -0.4 is 0 Å². The van der Waals surface area contributed by atoms with Crippen LogP contribution >= 0.6 is 0 Å². The number of amides is 2. The van der Waals surface area contributed by atoms with E-state index in [1.54, 1.807) is 0 Å². The topological polar surface area (TPSA) is 114 Å². The second kappa shape index (κ2) is 9.73. The van der Waals surface area contributed by atoms with Gasteiger partial charge in [0.25, 0.3) is 11.8 Å². The highest BCUT2D eigenvalue weighted by Crippen LogP contribution is 2.40. The van der Waals surface area contributed by atoms with E-state index in [0.717, 1.165) is 21.6 Å². The molecule has 182 valence electrons. The lowest BCUT2D eigenvalue weighted by atomic mass is 9.89. The Hall–Kier alpha value is -4.33. The minimum Gasteiger partial charge on any atom is -0.481 e. The van der Waals surface area contributed by atoms with Crippen molar-refractivity contribution >= 4 is 23.8 Å². The van der Waals surface area contributed by atoms with Gasteiger partial charge in [-0.2, -0.15) is 0 Å². The van der Waals surface area contributed by atoms with Crippen LogP contribution in [0.2, 0.25) is 0 Å². The number of carbonyl (C=O) groups excluding carboxylic acids is 3. The molecule has 0 saturated heterocycles. The summed E-state index contributed by atoms with van der Waals surface area (Å²) >= 11 is 0. The summed E-state index contributed by atoms with van der Waals surface area (Å²) in [5, 5.41) is 9.90. The van der Waals surface area contributed by atoms with Crippen LogP contribution in [0.1, 0.15) is 39.1 Å². The van der Waals surface area contributed by atoms with Gasteiger partial charge in [-0.3, -0.25) is 29.1 Å². The highest BCUT2D eigenvalue weighted by molar-refractivity contribution is 6.21. The van der Waals surface area contributed by atoms with E-state index in [0.29, 0.717) is 12.8 Å². The van der Waals surface area contributed by atoms with Crippen molar-refractivity contribution in [2.45, 2.75) is 19.4 Å². The average Bonchev–Trinajstić information content (AvgIpc) is 3.44. The summed E-state index contributed by atoms with van der Waals surface area (Å²) in [6, 6.07) is 19.0. The lowest BCUT2D eigenvalue weighted by Gasteiger charge is -2.24. The molecule has 1 aromatic heterocycles. The minimum absolute atomic E-state index is 0.0345. The fraction of sp³-hybridized carbons (Fsp3) is 0.250. The molecule has 1 saturated carbocycles. The fourth-order valence-corrected chi connectivity index (χ4v) is 5.14. The van der Waals surface area contributed by atoms with Crippen LogP contribution in [-0.2, 0) is 20.9 Å². The zero-order valence-corrected chi connectivity index (χ0v) is 19.4. The standard InChI is InChI=1S/C28H24N2O6/c31-25-21-12-13-29-14-23(21)26(32)30(25)15-20-10-11-22(24(20)27(33)34)28(35)36-16-17-6-8-19(9-7-17)18-4-2-1-3-5-18/h1-9,12-14,20,22,24H,10-11,15-16H2,(H,33,34)/t20-,22-,24+/m0/s1. The number of hydrogen-bond acceptors (Lipinski definition) is 6. The van der Waals surface area contributed by atoms with Crippen molar-refractivity contribution in [2.24, 2.45) is 17.8 Å². The Morgan fingerprint density at radius 2 is 1.61 bits per heavy atom. The van der Waals surface area contributed by atoms with Gasteiger partial charge in [-0.25, -0.2) is 0 Å². The molecular weight excluding hydrogens is 460 g/mol. The predicted octanol–water partition coefficient (Wildman–Crippen LogP) is 3.82. The van der Waals surface area contributed by atoms with E-state index in [1.807, 2.05) is 54.6 Å². The Balaban J connectivity index is 1.22. The van der Waals surface area contributed by atoms with Crippen LogP contribution in [-0.4, -0.2) is 45.3 Å². The number of carbonyl (C=O) groups is 4. The first-order chi connectivity index (χ1) is 17.4. The molecule has 3 atom stereocenters. The molecule has 36 heavy (non-hydrogen) atoms. The molecular formula is C28H24N2O6. The number of aromatic nitrogens is 1. The van der Waals surface area contributed by atoms with Crippen LogP contribution in [0.5, 0.6) is 0 Å². The first-order valence-corrected chi connectivity index (χ1v) is 11.8. The fourth-order valence-electron chi connectivity index (χ4n) is 5.14. The maximum Gasteiger partial charge on any atom is 0.310 e. The first-order valence-electron chi connectivity index (χ1n) is 11.8. The Bertz CT molecular complexity index is 1290. The molecule has 2 amide bonds. The van der Waals surface area contributed by atoms with Gasteiger partial charge in [-0.1, -0.05) is 54.6 Å². The van der Waals surface area contributed by atoms with Gasteiger partial charge in [0.2, 0.25) is 0 Å². The van der Waals surface area contributed by atoms with E-state index in [1.165, 1.54) is 18.5 Å². The van der Waals surface area contributed by atoms with Gasteiger partial charge in [-0.05, 0) is 41.5 Å². The third kappa shape index (κ3) is 4.37. The maximum absolute atomic E-state index is 12.9. The number of rotatable bonds is 7. The molecule has 1 aliphatic heterocycles. The number of ether oxygens (including phenoxy) is 1. The lowest BCUT2D eigenvalue weighted by Crippen LogP contribution is -2.39. The number of aliphatic carboxylic acids is 1. The van der Waals surface area contributed by atoms with Crippen LogP contribution in [0.15, 0.2) is 73.1 Å². The summed E-state index contributed by atoms with van der Waals surface area (Å²) in [5.41, 5.74) is 3.38. The molecule has 0 bridgehead atoms. The third-order valence-electron chi connectivity index (χ3n) is 7.01. The second-order valence-corrected chi connectivity index (χ2v) is 9.12. The molecule has 2 aromatic carbocycles. The number of fused-ring (bicyclic) bond motifs is 1. The van der Waals surface area contributed by atoms with Crippen LogP contribution in [0, 0.1) is 17.8 Å². The largest absolute Gasteiger partial charge is 0.481 e. The highest BCUT2D eigenvalue weighted by Gasteiger charge is 2.48. The molecule has 2 heterocycles. The minimum atomic E-state index is -1.13. The Kier molecular flexibility index (Phi) is 6.33. The van der Waals surface area contributed by atoms with Crippen molar-refractivity contribution in [2.75, 3.05) is 6.54 Å². The molecule has 1 aliphatic carbocycles. The molecule has 0 radical (unpaired) electrons. The molecule has 0 unspecified atom stereocenters. The van der Waals surface area contributed by atoms with Crippen molar-refractivity contribution in [3.8, 4) is 11.1 Å². The molecule has 1 fully saturated rings. The second-order valence-electron chi connectivity index (χ2n) is 9.12. The highest BCUT2D eigenvalue weighted by atomic mass is 16.5. The van der Waals surface area contributed by atoms with E-state index >= 15 is 0 Å². The number of hydrogen-bond donors (Lipinski definition) is 1. The SMILES string of the molecule is O=C(O)[C@@H]1[C@H](CN2C(=O)c3ccncc3C2=O)CC[C@@H]1C(=O)OCc1ccc(-c2ccccc2)cc1. The summed E-state index contributed by atoms with van der Waals surface area (Å²) < 4.78 is 5.49. The zero-order chi connectivity index (χ0) is 25.2. The van der Waals surface area contributed by atoms with Crippen LogP contribution in [0.4, 0.5) is 0 Å². The normalized spacial score (nSPS) is 20.9. The van der Waals surface area contributed by atoms with E-state index < -0.39 is 41.5 Å². The van der Waals surface area contributed by atoms with Gasteiger partial charge in [0.1, 0.15) is 6.61 Å². The van der Waals surface area contributed by atoms with Crippen molar-refractivity contribution in [3.63, 3.8) is 0 Å². The van der Waals surface area contributed by atoms with Crippen molar-refractivity contribution in [3.05, 3.63) is 89.7 Å². The smallest absolute Gasteiger partial charge is 0.310 e. The average molecular weight is 485 g/mol. The third-order valence-corrected chi connectivity index (χ3v) is 7.01. The Morgan fingerprint density at radius 3 is 2.31 bits per heavy atom. The Labute approximate surface area is 207 Å². The van der Waals surface area contributed by atoms with Crippen molar-refractivity contribution in [1.29, 1.82) is 0 Å². The maximum atomic E-state index is 12.9. The van der Waals surface area contributed by atoms with E-state index in [-0.39, 0.29) is 24.3 Å². The summed E-state index contributed by atoms with van der Waals surface area (Å²) in [7, 11) is 0. The van der Waals surface area contributed by atoms with E-state index in [2.05, 4.69) is 4.98 Å². The van der Waals surface area contributed by atoms with Gasteiger partial charge >= 0.3 is 11.9 Å². The number of nitrogens with zero attached hydrogens (tertiary/aromatic N) is 2. The molecule has 2 aliphatic rings. The number of benzene rings is 2. The monoisotopic (exact) mass is 484 g/mol. The number of imide groups is 1. The van der Waals surface area contributed by atoms with Crippen LogP contribution in [0.25, 0.3) is 11.1 Å². The molecule has 1 N–H and O–H groups in total. The molecule has 8 nitrogen and oxygen atoms in total. The molecule has 3 aromatic rings. The van der Waals surface area contributed by atoms with Gasteiger partial charge in [0, 0.05) is 18.9 Å². The number of esters is 1. The van der Waals surface area contributed by atoms with E-state index in [9.17, 15) is 24.3 Å². The van der Waals surface area contributed by atoms with Crippen molar-refractivity contribution < 1.29 is 29.0 Å². The first kappa shape index (κ1) is 23.4. The quantitative estimate of drug-likeness (QED) is 0.401. The van der Waals surface area contributed by atoms with Gasteiger partial charge < -0.3 is 9.84 Å². The summed E-state index contributed by atoms with van der Waals surface area (Å²) in [6.07, 6.45) is 3.49. The van der Waals surface area contributed by atoms with E-state index in [4.69, 9.17) is 4.74 Å². The summed E-state index contributed by atoms with van der Waals surface area (Å²) in [4.78, 5) is 55.3. The van der Waals surface area contributed by atoms with Gasteiger partial charge in [-0.15, -0.1) is 0 Å². The predicted molar refractivity (Wildman–Crippen MR) is 129 cm³/mol. The summed E-state index contributed by atoms with van der Waals surface area (Å²) in [6.45, 7) is -0.0269. The Morgan fingerprint density at radius 1 is 0.917 bits per heavy atom. The van der Waals surface area contributed by atoms with Gasteiger partial charge in [0.05, 0.1) is 23.0 Å². The zero-order valence-electron chi connectivity index (χ0n) is 19.4. The number of pyridine rings is 1. The lowest BCUT2D eigenvalue weighted by molar-refractivity contribution is -0.158. The molecule has 0 spiro atoms. The number of carboxylic acid groups (broad SMARTS) is 1. The summed E-state index contributed by atoms with van der Waals surface area (Å²) in [5.74, 6) is -5.09. The van der Waals surface area contributed by atoms with Crippen LogP contribution in [0.3, 0.4) is 0 Å².